The van der Waals surface area contributed by atoms with Crippen LogP contribution in [0.15, 0.2) is 4.47 Å². The van der Waals surface area contributed by atoms with Crippen molar-refractivity contribution in [2.24, 2.45) is 0 Å². The van der Waals surface area contributed by atoms with Crippen LogP contribution in [0.2, 0.25) is 10.3 Å². The van der Waals surface area contributed by atoms with Gasteiger partial charge in [-0.1, -0.05) is 23.2 Å². The van der Waals surface area contributed by atoms with E-state index in [9.17, 15) is 0 Å². The van der Waals surface area contributed by atoms with Gasteiger partial charge in [0.15, 0.2) is 0 Å². The molecule has 0 saturated heterocycles. The molecule has 0 atom stereocenters. The van der Waals surface area contributed by atoms with Gasteiger partial charge in [-0.2, -0.15) is 0 Å². The molecule has 0 radical (unpaired) electrons. The first-order chi connectivity index (χ1) is 5.57. The first-order valence-corrected chi connectivity index (χ1v) is 4.43. The number of nitrogens with one attached hydrogen (secondary N) is 1. The molecule has 1 aromatic heterocycles. The Kier molecular flexibility index (Phi) is 2.93. The second-order valence-corrected chi connectivity index (χ2v) is 3.49. The molecule has 0 fully saturated rings. The molecule has 0 aliphatic heterocycles. The van der Waals surface area contributed by atoms with Crippen LogP contribution in [0.3, 0.4) is 0 Å². The summed E-state index contributed by atoms with van der Waals surface area (Å²) in [5, 5.41) is 7.33. The van der Waals surface area contributed by atoms with Crippen LogP contribution in [0.4, 0.5) is 5.69 Å². The molecule has 0 unspecified atom stereocenters. The average Bonchev–Trinajstić information content (AvgIpc) is 2.01. The molecule has 1 aromatic rings. The summed E-state index contributed by atoms with van der Waals surface area (Å²) in [4.78, 5) is 3.76. The molecule has 3 nitrogen and oxygen atoms in total. The monoisotopic (exact) mass is 267 g/mol. The van der Waals surface area contributed by atoms with E-state index < -0.39 is 0 Å². The summed E-state index contributed by atoms with van der Waals surface area (Å²) in [6.45, 7) is 0. The van der Waals surface area contributed by atoms with Gasteiger partial charge in [-0.15, -0.1) is 0 Å². The Morgan fingerprint density at radius 2 is 2.00 bits per heavy atom. The first-order valence-electron chi connectivity index (χ1n) is 2.88. The van der Waals surface area contributed by atoms with E-state index in [1.165, 1.54) is 0 Å². The predicted octanol–water partition coefficient (Wildman–Crippen LogP) is 2.73. The third-order valence-corrected chi connectivity index (χ3v) is 2.86. The second kappa shape index (κ2) is 3.60. The van der Waals surface area contributed by atoms with Gasteiger partial charge < -0.3 is 11.1 Å². The Hall–Kier alpha value is -0.320. The van der Waals surface area contributed by atoms with Crippen molar-refractivity contribution in [3.05, 3.63) is 20.3 Å². The highest BCUT2D eigenvalue weighted by molar-refractivity contribution is 9.10. The zero-order valence-electron chi connectivity index (χ0n) is 5.74. The van der Waals surface area contributed by atoms with Gasteiger partial charge in [0.25, 0.3) is 0 Å². The molecule has 0 amide bonds. The molecule has 0 aliphatic rings. The standard InChI is InChI=1S/C6H4BrCl2N3/c7-3-4(11)2(1-10)5(8)12-6(3)9/h1,10H,(H2,11,12). The van der Waals surface area contributed by atoms with Crippen molar-refractivity contribution in [1.29, 1.82) is 5.41 Å². The highest BCUT2D eigenvalue weighted by Gasteiger charge is 2.11. The van der Waals surface area contributed by atoms with E-state index in [-0.39, 0.29) is 10.3 Å². The molecule has 1 heterocycles. The summed E-state index contributed by atoms with van der Waals surface area (Å²) in [6, 6.07) is 0. The number of hydrogen-bond donors (Lipinski definition) is 2. The molecule has 12 heavy (non-hydrogen) atoms. The van der Waals surface area contributed by atoms with Crippen molar-refractivity contribution in [3.63, 3.8) is 0 Å². The average molecular weight is 269 g/mol. The van der Waals surface area contributed by atoms with Gasteiger partial charge >= 0.3 is 0 Å². The van der Waals surface area contributed by atoms with E-state index in [0.717, 1.165) is 6.21 Å². The Morgan fingerprint density at radius 3 is 2.50 bits per heavy atom. The Balaban J connectivity index is 3.51. The van der Waals surface area contributed by atoms with Crippen LogP contribution in [0, 0.1) is 5.41 Å². The largest absolute Gasteiger partial charge is 0.397 e. The van der Waals surface area contributed by atoms with Crippen LogP contribution in [0.5, 0.6) is 0 Å². The van der Waals surface area contributed by atoms with Gasteiger partial charge in [0.2, 0.25) is 0 Å². The summed E-state index contributed by atoms with van der Waals surface area (Å²) in [5.74, 6) is 0. The fourth-order valence-electron chi connectivity index (χ4n) is 0.673. The zero-order chi connectivity index (χ0) is 9.30. The second-order valence-electron chi connectivity index (χ2n) is 1.98. The fraction of sp³-hybridized carbons (Fsp3) is 0. The van der Waals surface area contributed by atoms with Gasteiger partial charge in [0.1, 0.15) is 10.3 Å². The van der Waals surface area contributed by atoms with E-state index in [1.807, 2.05) is 0 Å². The fourth-order valence-corrected chi connectivity index (χ4v) is 1.45. The van der Waals surface area contributed by atoms with Gasteiger partial charge in [-0.05, 0) is 15.9 Å². The van der Waals surface area contributed by atoms with Crippen LogP contribution in [-0.4, -0.2) is 11.2 Å². The summed E-state index contributed by atoms with van der Waals surface area (Å²) in [6.07, 6.45) is 1.03. The molecule has 3 N–H and O–H groups in total. The van der Waals surface area contributed by atoms with Crippen molar-refractivity contribution in [2.75, 3.05) is 5.73 Å². The maximum absolute atomic E-state index is 7.00. The molecule has 0 aromatic carbocycles. The normalized spacial score (nSPS) is 9.92. The van der Waals surface area contributed by atoms with Crippen LogP contribution < -0.4 is 5.73 Å². The number of nitrogens with two attached hydrogens (primary N) is 1. The van der Waals surface area contributed by atoms with Gasteiger partial charge in [-0.25, -0.2) is 4.98 Å². The maximum atomic E-state index is 7.00. The van der Waals surface area contributed by atoms with Crippen LogP contribution >= 0.6 is 39.1 Å². The number of nitrogen functional groups attached to an aromatic ring is 1. The maximum Gasteiger partial charge on any atom is 0.147 e. The first kappa shape index (κ1) is 9.77. The number of anilines is 1. The van der Waals surface area contributed by atoms with Crippen molar-refractivity contribution >= 4 is 51.0 Å². The molecule has 0 bridgehead atoms. The van der Waals surface area contributed by atoms with E-state index in [1.54, 1.807) is 0 Å². The van der Waals surface area contributed by atoms with Gasteiger partial charge in [-0.3, -0.25) is 0 Å². The molecular formula is C6H4BrCl2N3. The molecule has 0 aliphatic carbocycles. The number of nitrogens with zero attached hydrogens (tertiary/aromatic N) is 1. The third-order valence-electron chi connectivity index (χ3n) is 1.27. The lowest BCUT2D eigenvalue weighted by atomic mass is 10.2. The minimum absolute atomic E-state index is 0.135. The minimum atomic E-state index is 0.135. The lowest BCUT2D eigenvalue weighted by Crippen LogP contribution is -1.98. The molecule has 1 rings (SSSR count). The van der Waals surface area contributed by atoms with Crippen molar-refractivity contribution in [2.45, 2.75) is 0 Å². The highest BCUT2D eigenvalue weighted by Crippen LogP contribution is 2.32. The summed E-state index contributed by atoms with van der Waals surface area (Å²) < 4.78 is 0.465. The summed E-state index contributed by atoms with van der Waals surface area (Å²) >= 11 is 14.4. The van der Waals surface area contributed by atoms with Crippen LogP contribution in [0.25, 0.3) is 0 Å². The Morgan fingerprint density at radius 1 is 1.42 bits per heavy atom. The van der Waals surface area contributed by atoms with E-state index in [4.69, 9.17) is 34.3 Å². The van der Waals surface area contributed by atoms with Crippen molar-refractivity contribution in [3.8, 4) is 0 Å². The Labute approximate surface area is 87.5 Å². The molecule has 6 heteroatoms. The number of rotatable bonds is 1. The van der Waals surface area contributed by atoms with Crippen molar-refractivity contribution in [1.82, 2.24) is 4.98 Å². The highest BCUT2D eigenvalue weighted by atomic mass is 79.9. The van der Waals surface area contributed by atoms with Crippen LogP contribution in [0.1, 0.15) is 5.56 Å². The van der Waals surface area contributed by atoms with Crippen molar-refractivity contribution < 1.29 is 0 Å². The lowest BCUT2D eigenvalue weighted by Gasteiger charge is -2.05. The molecular weight excluding hydrogens is 265 g/mol. The predicted molar refractivity (Wildman–Crippen MR) is 54.3 cm³/mol. The number of aromatic nitrogens is 1. The Bertz CT molecular complexity index is 340. The van der Waals surface area contributed by atoms with E-state index >= 15 is 0 Å². The van der Waals surface area contributed by atoms with Gasteiger partial charge in [0.05, 0.1) is 15.7 Å². The molecule has 64 valence electrons. The third kappa shape index (κ3) is 1.55. The smallest absolute Gasteiger partial charge is 0.147 e. The zero-order valence-corrected chi connectivity index (χ0v) is 8.83. The SMILES string of the molecule is N=Cc1c(Cl)nc(Cl)c(Br)c1N. The minimum Gasteiger partial charge on any atom is -0.397 e. The quantitative estimate of drug-likeness (QED) is 0.608. The topological polar surface area (TPSA) is 62.8 Å². The van der Waals surface area contributed by atoms with E-state index in [0.29, 0.717) is 15.7 Å². The summed E-state index contributed by atoms with van der Waals surface area (Å²) in [5.41, 5.74) is 6.28. The number of hydrogen-bond acceptors (Lipinski definition) is 3. The number of pyridine rings is 1. The molecule has 0 saturated carbocycles. The number of halogens is 3. The lowest BCUT2D eigenvalue weighted by molar-refractivity contribution is 1.30. The van der Waals surface area contributed by atoms with E-state index in [2.05, 4.69) is 20.9 Å². The van der Waals surface area contributed by atoms with Gasteiger partial charge in [0, 0.05) is 6.21 Å². The molecule has 0 spiro atoms. The van der Waals surface area contributed by atoms with Crippen LogP contribution in [-0.2, 0) is 0 Å². The summed E-state index contributed by atoms with van der Waals surface area (Å²) in [7, 11) is 0.